The van der Waals surface area contributed by atoms with E-state index in [9.17, 15) is 4.79 Å². The maximum Gasteiger partial charge on any atom is 0.153 e. The first-order valence-electron chi connectivity index (χ1n) is 4.45. The van der Waals surface area contributed by atoms with Crippen molar-refractivity contribution in [3.05, 3.63) is 34.9 Å². The molecule has 1 aromatic carbocycles. The van der Waals surface area contributed by atoms with E-state index in [1.54, 1.807) is 12.1 Å². The number of carbonyl (C=O) groups is 1. The van der Waals surface area contributed by atoms with Gasteiger partial charge in [-0.2, -0.15) is 5.26 Å². The number of hydrogen-bond donors (Lipinski definition) is 0. The molecule has 0 unspecified atom stereocenters. The summed E-state index contributed by atoms with van der Waals surface area (Å²) in [6.45, 7) is 0.509. The molecular formula is C11H9NO2. The highest BCUT2D eigenvalue weighted by atomic mass is 16.5. The van der Waals surface area contributed by atoms with Crippen LogP contribution in [-0.2, 0) is 16.0 Å². The van der Waals surface area contributed by atoms with Crippen molar-refractivity contribution in [1.82, 2.24) is 0 Å². The first-order valence-corrected chi connectivity index (χ1v) is 4.45. The van der Waals surface area contributed by atoms with Gasteiger partial charge in [-0.25, -0.2) is 0 Å². The molecule has 2 rings (SSSR count). The van der Waals surface area contributed by atoms with Crippen molar-refractivity contribution in [2.75, 3.05) is 6.61 Å². The lowest BCUT2D eigenvalue weighted by Crippen LogP contribution is -2.18. The zero-order valence-electron chi connectivity index (χ0n) is 7.56. The van der Waals surface area contributed by atoms with Crippen molar-refractivity contribution in [3.8, 4) is 6.07 Å². The van der Waals surface area contributed by atoms with E-state index in [1.165, 1.54) is 0 Å². The van der Waals surface area contributed by atoms with E-state index >= 15 is 0 Å². The van der Waals surface area contributed by atoms with Crippen LogP contribution in [0.15, 0.2) is 18.2 Å². The molecule has 0 radical (unpaired) electrons. The summed E-state index contributed by atoms with van der Waals surface area (Å²) >= 11 is 0. The monoisotopic (exact) mass is 187 g/mol. The Morgan fingerprint density at radius 3 is 3.14 bits per heavy atom. The Balaban J connectivity index is 2.55. The van der Waals surface area contributed by atoms with Crippen molar-refractivity contribution in [2.24, 2.45) is 0 Å². The average Bonchev–Trinajstić information content (AvgIpc) is 2.27. The smallest absolute Gasteiger partial charge is 0.153 e. The van der Waals surface area contributed by atoms with Gasteiger partial charge in [-0.05, 0) is 23.6 Å². The zero-order chi connectivity index (χ0) is 9.97. The van der Waals surface area contributed by atoms with Crippen molar-refractivity contribution in [2.45, 2.75) is 12.5 Å². The van der Waals surface area contributed by atoms with Gasteiger partial charge < -0.3 is 9.53 Å². The largest absolute Gasteiger partial charge is 0.366 e. The number of fused-ring (bicyclic) bond motifs is 1. The van der Waals surface area contributed by atoms with Crippen molar-refractivity contribution < 1.29 is 9.53 Å². The molecule has 3 heteroatoms. The molecule has 70 valence electrons. The van der Waals surface area contributed by atoms with Crippen LogP contribution in [0.2, 0.25) is 0 Å². The first kappa shape index (κ1) is 8.92. The third-order valence-corrected chi connectivity index (χ3v) is 2.41. The molecule has 0 bridgehead atoms. The van der Waals surface area contributed by atoms with Crippen molar-refractivity contribution in [1.29, 1.82) is 5.26 Å². The van der Waals surface area contributed by atoms with Crippen LogP contribution in [0.1, 0.15) is 22.8 Å². The second-order valence-electron chi connectivity index (χ2n) is 3.16. The number of nitriles is 1. The third-order valence-electron chi connectivity index (χ3n) is 2.41. The highest BCUT2D eigenvalue weighted by molar-refractivity contribution is 5.63. The van der Waals surface area contributed by atoms with Crippen LogP contribution in [0.25, 0.3) is 0 Å². The molecular weight excluding hydrogens is 178 g/mol. The topological polar surface area (TPSA) is 50.1 Å². The summed E-state index contributed by atoms with van der Waals surface area (Å²) in [7, 11) is 0. The molecule has 1 aliphatic heterocycles. The van der Waals surface area contributed by atoms with Gasteiger partial charge in [0.1, 0.15) is 6.10 Å². The van der Waals surface area contributed by atoms with E-state index in [0.29, 0.717) is 18.6 Å². The summed E-state index contributed by atoms with van der Waals surface area (Å²) < 4.78 is 5.28. The molecule has 0 amide bonds. The zero-order valence-corrected chi connectivity index (χ0v) is 7.56. The minimum absolute atomic E-state index is 0.493. The number of nitrogens with zero attached hydrogens (tertiary/aromatic N) is 1. The van der Waals surface area contributed by atoms with Gasteiger partial charge in [0.2, 0.25) is 0 Å². The minimum atomic E-state index is -0.493. The fourth-order valence-corrected chi connectivity index (χ4v) is 1.75. The highest BCUT2D eigenvalue weighted by Crippen LogP contribution is 2.27. The van der Waals surface area contributed by atoms with Gasteiger partial charge in [0.05, 0.1) is 18.2 Å². The molecule has 0 saturated heterocycles. The number of carbonyl (C=O) groups excluding carboxylic acids is 1. The number of hydrogen-bond acceptors (Lipinski definition) is 3. The molecule has 0 fully saturated rings. The van der Waals surface area contributed by atoms with E-state index in [0.717, 1.165) is 17.4 Å². The predicted octanol–water partition coefficient (Wildman–Crippen LogP) is 1.37. The molecule has 0 spiro atoms. The maximum atomic E-state index is 10.7. The summed E-state index contributed by atoms with van der Waals surface area (Å²) in [4.78, 5) is 10.7. The van der Waals surface area contributed by atoms with Crippen molar-refractivity contribution in [3.63, 3.8) is 0 Å². The summed E-state index contributed by atoms with van der Waals surface area (Å²) in [5, 5.41) is 8.87. The molecule has 0 N–H and O–H groups in total. The van der Waals surface area contributed by atoms with Gasteiger partial charge in [0, 0.05) is 0 Å². The van der Waals surface area contributed by atoms with E-state index in [-0.39, 0.29) is 0 Å². The third kappa shape index (κ3) is 1.30. The minimum Gasteiger partial charge on any atom is -0.366 e. The molecule has 0 aromatic heterocycles. The van der Waals surface area contributed by atoms with Crippen LogP contribution in [0.4, 0.5) is 0 Å². The van der Waals surface area contributed by atoms with Crippen LogP contribution in [0, 0.1) is 11.3 Å². The molecule has 0 saturated carbocycles. The number of ether oxygens (including phenoxy) is 1. The Bertz CT molecular complexity index is 406. The lowest BCUT2D eigenvalue weighted by Gasteiger charge is -2.22. The average molecular weight is 187 g/mol. The molecule has 1 aliphatic rings. The summed E-state index contributed by atoms with van der Waals surface area (Å²) in [6, 6.07) is 7.52. The maximum absolute atomic E-state index is 10.7. The van der Waals surface area contributed by atoms with Gasteiger partial charge in [0.25, 0.3) is 0 Å². The van der Waals surface area contributed by atoms with E-state index in [2.05, 4.69) is 6.07 Å². The van der Waals surface area contributed by atoms with Crippen LogP contribution in [-0.4, -0.2) is 12.9 Å². The van der Waals surface area contributed by atoms with Gasteiger partial charge in [-0.15, -0.1) is 0 Å². The fraction of sp³-hybridized carbons (Fsp3) is 0.273. The van der Waals surface area contributed by atoms with Gasteiger partial charge in [0.15, 0.2) is 6.29 Å². The van der Waals surface area contributed by atoms with Crippen LogP contribution >= 0.6 is 0 Å². The normalized spacial score (nSPS) is 19.5. The number of benzene rings is 1. The Morgan fingerprint density at radius 1 is 1.57 bits per heavy atom. The van der Waals surface area contributed by atoms with Crippen LogP contribution < -0.4 is 0 Å². The molecule has 1 atom stereocenters. The van der Waals surface area contributed by atoms with Gasteiger partial charge in [-0.3, -0.25) is 0 Å². The van der Waals surface area contributed by atoms with E-state index in [4.69, 9.17) is 10.00 Å². The predicted molar refractivity (Wildman–Crippen MR) is 49.6 cm³/mol. The first-order chi connectivity index (χ1) is 6.86. The molecule has 0 aliphatic carbocycles. The summed E-state index contributed by atoms with van der Waals surface area (Å²) in [5.74, 6) is 0. The second kappa shape index (κ2) is 3.60. The molecule has 14 heavy (non-hydrogen) atoms. The van der Waals surface area contributed by atoms with E-state index in [1.807, 2.05) is 6.07 Å². The van der Waals surface area contributed by atoms with Crippen molar-refractivity contribution >= 4 is 6.29 Å². The quantitative estimate of drug-likeness (QED) is 0.624. The lowest BCUT2D eigenvalue weighted by molar-refractivity contribution is -0.119. The van der Waals surface area contributed by atoms with E-state index < -0.39 is 6.10 Å². The number of aldehydes is 1. The Morgan fingerprint density at radius 2 is 2.43 bits per heavy atom. The highest BCUT2D eigenvalue weighted by Gasteiger charge is 2.21. The Labute approximate surface area is 81.9 Å². The molecule has 1 heterocycles. The lowest BCUT2D eigenvalue weighted by atomic mass is 9.94. The Hall–Kier alpha value is -1.66. The molecule has 1 aromatic rings. The molecule has 3 nitrogen and oxygen atoms in total. The summed E-state index contributed by atoms with van der Waals surface area (Å²) in [5.41, 5.74) is 2.45. The van der Waals surface area contributed by atoms with Crippen LogP contribution in [0.5, 0.6) is 0 Å². The fourth-order valence-electron chi connectivity index (χ4n) is 1.75. The van der Waals surface area contributed by atoms with Crippen LogP contribution in [0.3, 0.4) is 0 Å². The second-order valence-corrected chi connectivity index (χ2v) is 3.16. The number of rotatable bonds is 1. The van der Waals surface area contributed by atoms with Gasteiger partial charge in [-0.1, -0.05) is 12.1 Å². The standard InChI is InChI=1S/C11H9NO2/c12-6-8-2-1-3-10-9(8)4-5-14-11(10)7-13/h1-3,7,11H,4-5H2/t11-/m1/s1. The summed E-state index contributed by atoms with van der Waals surface area (Å²) in [6.07, 6.45) is 0.995. The Kier molecular flexibility index (Phi) is 2.30. The van der Waals surface area contributed by atoms with Gasteiger partial charge >= 0.3 is 0 Å². The SMILES string of the molecule is N#Cc1cccc2c1CCO[C@@H]2C=O.